The number of amides is 1. The van der Waals surface area contributed by atoms with Gasteiger partial charge in [0, 0.05) is 12.6 Å². The van der Waals surface area contributed by atoms with Gasteiger partial charge in [-0.2, -0.15) is 0 Å². The lowest BCUT2D eigenvalue weighted by atomic mass is 10.1. The average Bonchev–Trinajstić information content (AvgIpc) is 2.48. The number of hydrogen-bond acceptors (Lipinski definition) is 3. The van der Waals surface area contributed by atoms with E-state index < -0.39 is 5.60 Å². The Hall–Kier alpha value is -0.770. The van der Waals surface area contributed by atoms with Crippen LogP contribution in [0.2, 0.25) is 0 Å². The first-order valence-electron chi connectivity index (χ1n) is 5.51. The van der Waals surface area contributed by atoms with Gasteiger partial charge in [-0.3, -0.25) is 0 Å². The van der Waals surface area contributed by atoms with Crippen LogP contribution >= 0.6 is 0 Å². The number of ether oxygens (including phenoxy) is 1. The first-order chi connectivity index (χ1) is 6.90. The summed E-state index contributed by atoms with van der Waals surface area (Å²) in [6.07, 6.45) is 2.42. The Labute approximate surface area is 91.0 Å². The van der Waals surface area contributed by atoms with E-state index in [-0.39, 0.29) is 18.7 Å². The Balaban J connectivity index is 2.28. The molecule has 1 aliphatic carbocycles. The molecule has 0 heterocycles. The lowest BCUT2D eigenvalue weighted by Gasteiger charge is -2.21. The largest absolute Gasteiger partial charge is 0.444 e. The maximum atomic E-state index is 11.4. The molecular formula is C11H21NO3. The number of hydrogen-bond donors (Lipinski definition) is 2. The first-order valence-corrected chi connectivity index (χ1v) is 5.51. The molecule has 1 rings (SSSR count). The minimum absolute atomic E-state index is 0.164. The van der Waals surface area contributed by atoms with Gasteiger partial charge in [0.25, 0.3) is 0 Å². The zero-order chi connectivity index (χ0) is 11.5. The van der Waals surface area contributed by atoms with Crippen molar-refractivity contribution in [3.63, 3.8) is 0 Å². The molecule has 15 heavy (non-hydrogen) atoms. The molecule has 0 bridgehead atoms. The highest BCUT2D eigenvalue weighted by Gasteiger charge is 2.26. The van der Waals surface area contributed by atoms with Crippen molar-refractivity contribution in [3.8, 4) is 0 Å². The van der Waals surface area contributed by atoms with E-state index in [1.165, 1.54) is 0 Å². The monoisotopic (exact) mass is 215 g/mol. The first kappa shape index (κ1) is 12.3. The van der Waals surface area contributed by atoms with Crippen molar-refractivity contribution in [2.45, 2.75) is 51.7 Å². The van der Waals surface area contributed by atoms with E-state index in [0.717, 1.165) is 19.3 Å². The standard InChI is InChI=1S/C11H21NO3/c1-11(2,3)15-10(14)12-9-5-4-8(6-9)7-13/h8-9,13H,4-7H2,1-3H3,(H,12,14)/t8-,9?/m1/s1. The molecule has 0 aliphatic heterocycles. The summed E-state index contributed by atoms with van der Waals surface area (Å²) in [7, 11) is 0. The number of carbonyl (C=O) groups is 1. The minimum atomic E-state index is -0.445. The lowest BCUT2D eigenvalue weighted by Crippen LogP contribution is -2.38. The number of alkyl carbamates (subject to hydrolysis) is 1. The molecule has 1 saturated carbocycles. The van der Waals surface area contributed by atoms with Gasteiger partial charge in [-0.05, 0) is 46.0 Å². The van der Waals surface area contributed by atoms with Crippen LogP contribution in [0.15, 0.2) is 0 Å². The highest BCUT2D eigenvalue weighted by atomic mass is 16.6. The van der Waals surface area contributed by atoms with Crippen molar-refractivity contribution in [2.75, 3.05) is 6.61 Å². The van der Waals surface area contributed by atoms with Gasteiger partial charge in [0.05, 0.1) is 0 Å². The Morgan fingerprint density at radius 1 is 1.47 bits per heavy atom. The molecule has 1 amide bonds. The fourth-order valence-corrected chi connectivity index (χ4v) is 1.85. The molecule has 4 heteroatoms. The van der Waals surface area contributed by atoms with E-state index in [4.69, 9.17) is 9.84 Å². The second-order valence-corrected chi connectivity index (χ2v) is 5.20. The summed E-state index contributed by atoms with van der Waals surface area (Å²) < 4.78 is 5.16. The summed E-state index contributed by atoms with van der Waals surface area (Å²) >= 11 is 0. The summed E-state index contributed by atoms with van der Waals surface area (Å²) in [4.78, 5) is 11.4. The smallest absolute Gasteiger partial charge is 0.407 e. The third kappa shape index (κ3) is 4.51. The SMILES string of the molecule is CC(C)(C)OC(=O)NC1CC[C@@H](CO)C1. The zero-order valence-corrected chi connectivity index (χ0v) is 9.75. The van der Waals surface area contributed by atoms with Crippen LogP contribution in [0.4, 0.5) is 4.79 Å². The Morgan fingerprint density at radius 2 is 2.13 bits per heavy atom. The molecule has 1 unspecified atom stereocenters. The summed E-state index contributed by atoms with van der Waals surface area (Å²) in [6, 6.07) is 0.164. The summed E-state index contributed by atoms with van der Waals surface area (Å²) in [6.45, 7) is 5.75. The molecule has 0 radical (unpaired) electrons. The molecule has 2 N–H and O–H groups in total. The zero-order valence-electron chi connectivity index (χ0n) is 9.75. The third-order valence-electron chi connectivity index (χ3n) is 2.52. The van der Waals surface area contributed by atoms with Gasteiger partial charge in [0.2, 0.25) is 0 Å². The molecule has 88 valence electrons. The van der Waals surface area contributed by atoms with Crippen molar-refractivity contribution in [1.29, 1.82) is 0 Å². The summed E-state index contributed by atoms with van der Waals surface area (Å²) in [5.74, 6) is 0.338. The van der Waals surface area contributed by atoms with Crippen LogP contribution in [-0.4, -0.2) is 29.4 Å². The fourth-order valence-electron chi connectivity index (χ4n) is 1.85. The van der Waals surface area contributed by atoms with Gasteiger partial charge in [-0.15, -0.1) is 0 Å². The third-order valence-corrected chi connectivity index (χ3v) is 2.52. The maximum absolute atomic E-state index is 11.4. The molecule has 1 fully saturated rings. The normalized spacial score (nSPS) is 26.4. The van der Waals surface area contributed by atoms with Crippen LogP contribution in [-0.2, 0) is 4.74 Å². The second kappa shape index (κ2) is 4.84. The summed E-state index contributed by atoms with van der Waals surface area (Å²) in [5.41, 5.74) is -0.445. The lowest BCUT2D eigenvalue weighted by molar-refractivity contribution is 0.0503. The van der Waals surface area contributed by atoms with E-state index >= 15 is 0 Å². The van der Waals surface area contributed by atoms with Crippen molar-refractivity contribution in [1.82, 2.24) is 5.32 Å². The topological polar surface area (TPSA) is 58.6 Å². The van der Waals surface area contributed by atoms with Crippen LogP contribution in [0.1, 0.15) is 40.0 Å². The number of aliphatic hydroxyl groups excluding tert-OH is 1. The van der Waals surface area contributed by atoms with E-state index in [1.54, 1.807) is 0 Å². The van der Waals surface area contributed by atoms with Crippen LogP contribution < -0.4 is 5.32 Å². The van der Waals surface area contributed by atoms with Gasteiger partial charge in [-0.25, -0.2) is 4.79 Å². The quantitative estimate of drug-likeness (QED) is 0.736. The highest BCUT2D eigenvalue weighted by Crippen LogP contribution is 2.25. The molecule has 0 saturated heterocycles. The van der Waals surface area contributed by atoms with Crippen molar-refractivity contribution in [2.24, 2.45) is 5.92 Å². The molecular weight excluding hydrogens is 194 g/mol. The number of aliphatic hydroxyl groups is 1. The van der Waals surface area contributed by atoms with Crippen molar-refractivity contribution in [3.05, 3.63) is 0 Å². The Kier molecular flexibility index (Phi) is 3.97. The molecule has 4 nitrogen and oxygen atoms in total. The Morgan fingerprint density at radius 3 is 2.60 bits per heavy atom. The van der Waals surface area contributed by atoms with Gasteiger partial charge in [0.15, 0.2) is 0 Å². The van der Waals surface area contributed by atoms with Gasteiger partial charge < -0.3 is 15.2 Å². The average molecular weight is 215 g/mol. The fraction of sp³-hybridized carbons (Fsp3) is 0.909. The van der Waals surface area contributed by atoms with Crippen molar-refractivity contribution >= 4 is 6.09 Å². The number of nitrogens with one attached hydrogen (secondary N) is 1. The molecule has 0 spiro atoms. The predicted molar refractivity (Wildman–Crippen MR) is 57.6 cm³/mol. The van der Waals surface area contributed by atoms with E-state index in [9.17, 15) is 4.79 Å². The molecule has 0 aromatic heterocycles. The molecule has 2 atom stereocenters. The summed E-state index contributed by atoms with van der Waals surface area (Å²) in [5, 5.41) is 11.8. The van der Waals surface area contributed by atoms with E-state index in [0.29, 0.717) is 5.92 Å². The van der Waals surface area contributed by atoms with Crippen LogP contribution in [0.25, 0.3) is 0 Å². The molecule has 0 aromatic carbocycles. The van der Waals surface area contributed by atoms with E-state index in [2.05, 4.69) is 5.32 Å². The number of carbonyl (C=O) groups excluding carboxylic acids is 1. The van der Waals surface area contributed by atoms with Gasteiger partial charge in [0.1, 0.15) is 5.60 Å². The van der Waals surface area contributed by atoms with Crippen LogP contribution in [0.5, 0.6) is 0 Å². The highest BCUT2D eigenvalue weighted by molar-refractivity contribution is 5.68. The van der Waals surface area contributed by atoms with Gasteiger partial charge in [-0.1, -0.05) is 0 Å². The number of rotatable bonds is 2. The predicted octanol–water partition coefficient (Wildman–Crippen LogP) is 1.67. The second-order valence-electron chi connectivity index (χ2n) is 5.20. The Bertz CT molecular complexity index is 222. The van der Waals surface area contributed by atoms with E-state index in [1.807, 2.05) is 20.8 Å². The maximum Gasteiger partial charge on any atom is 0.407 e. The van der Waals surface area contributed by atoms with Gasteiger partial charge >= 0.3 is 6.09 Å². The molecule has 1 aliphatic rings. The van der Waals surface area contributed by atoms with Crippen LogP contribution in [0.3, 0.4) is 0 Å². The van der Waals surface area contributed by atoms with Crippen molar-refractivity contribution < 1.29 is 14.6 Å². The minimum Gasteiger partial charge on any atom is -0.444 e. The van der Waals surface area contributed by atoms with Crippen LogP contribution in [0, 0.1) is 5.92 Å². The molecule has 0 aromatic rings.